The first-order valence-electron chi connectivity index (χ1n) is 4.86. The minimum absolute atomic E-state index is 0.0269. The van der Waals surface area contributed by atoms with Crippen LogP contribution in [0, 0.1) is 11.3 Å². The fraction of sp³-hybridized carbons (Fsp3) is 0.0909. The quantitative estimate of drug-likeness (QED) is 0.846. The van der Waals surface area contributed by atoms with E-state index in [1.807, 2.05) is 0 Å². The first-order valence-corrected chi connectivity index (χ1v) is 5.68. The standard InChI is InChI=1S/C11H5F3N2O2S/c12-11(13,14)7-2-1-6(19-7)9-10(18)5(4-15)3-8(17)16-9/h1-3,18H,(H,16,17). The third-order valence-corrected chi connectivity index (χ3v) is 3.42. The van der Waals surface area contributed by atoms with Crippen molar-refractivity contribution in [3.8, 4) is 22.4 Å². The van der Waals surface area contributed by atoms with Crippen LogP contribution in [0.5, 0.6) is 5.75 Å². The van der Waals surface area contributed by atoms with Gasteiger partial charge in [0.05, 0.1) is 4.88 Å². The highest BCUT2D eigenvalue weighted by molar-refractivity contribution is 7.15. The predicted octanol–water partition coefficient (Wildman–Crippen LogP) is 2.70. The Morgan fingerprint density at radius 2 is 2.05 bits per heavy atom. The Hall–Kier alpha value is -2.27. The van der Waals surface area contributed by atoms with E-state index in [9.17, 15) is 23.1 Å². The Bertz CT molecular complexity index is 725. The van der Waals surface area contributed by atoms with Gasteiger partial charge in [-0.05, 0) is 12.1 Å². The zero-order chi connectivity index (χ0) is 14.2. The molecule has 0 saturated carbocycles. The lowest BCUT2D eigenvalue weighted by Crippen LogP contribution is -2.06. The Morgan fingerprint density at radius 1 is 1.37 bits per heavy atom. The first-order chi connectivity index (χ1) is 8.82. The normalized spacial score (nSPS) is 11.3. The topological polar surface area (TPSA) is 76.9 Å². The lowest BCUT2D eigenvalue weighted by molar-refractivity contribution is -0.134. The van der Waals surface area contributed by atoms with Crippen LogP contribution < -0.4 is 5.56 Å². The Morgan fingerprint density at radius 3 is 2.58 bits per heavy atom. The maximum atomic E-state index is 12.5. The summed E-state index contributed by atoms with van der Waals surface area (Å²) >= 11 is 0.370. The molecular formula is C11H5F3N2O2S. The average Bonchev–Trinajstić information content (AvgIpc) is 2.80. The summed E-state index contributed by atoms with van der Waals surface area (Å²) in [6.07, 6.45) is -4.49. The number of rotatable bonds is 1. The molecule has 4 nitrogen and oxygen atoms in total. The molecule has 19 heavy (non-hydrogen) atoms. The SMILES string of the molecule is N#Cc1cc(=O)[nH]c(-c2ccc(C(F)(F)F)s2)c1O. The number of aromatic nitrogens is 1. The molecule has 2 N–H and O–H groups in total. The molecule has 0 spiro atoms. The van der Waals surface area contributed by atoms with Crippen LogP contribution in [0.15, 0.2) is 23.0 Å². The summed E-state index contributed by atoms with van der Waals surface area (Å²) in [5.41, 5.74) is -1.16. The zero-order valence-corrected chi connectivity index (χ0v) is 9.89. The highest BCUT2D eigenvalue weighted by atomic mass is 32.1. The Labute approximate surface area is 108 Å². The number of nitriles is 1. The van der Waals surface area contributed by atoms with Crippen molar-refractivity contribution >= 4 is 11.3 Å². The molecule has 98 valence electrons. The van der Waals surface area contributed by atoms with Crippen molar-refractivity contribution in [1.29, 1.82) is 5.26 Å². The van der Waals surface area contributed by atoms with Crippen molar-refractivity contribution in [1.82, 2.24) is 4.98 Å². The van der Waals surface area contributed by atoms with Gasteiger partial charge in [0.15, 0.2) is 5.75 Å². The van der Waals surface area contributed by atoms with Crippen LogP contribution in [0.25, 0.3) is 10.6 Å². The van der Waals surface area contributed by atoms with Gasteiger partial charge >= 0.3 is 6.18 Å². The number of aromatic hydroxyl groups is 1. The van der Waals surface area contributed by atoms with Crippen molar-refractivity contribution in [2.24, 2.45) is 0 Å². The van der Waals surface area contributed by atoms with Crippen molar-refractivity contribution in [2.45, 2.75) is 6.18 Å². The second-order valence-electron chi connectivity index (χ2n) is 3.54. The molecule has 0 saturated heterocycles. The van der Waals surface area contributed by atoms with E-state index in [-0.39, 0.29) is 16.1 Å². The van der Waals surface area contributed by atoms with Gasteiger partial charge in [0, 0.05) is 6.07 Å². The molecule has 8 heteroatoms. The number of H-pyrrole nitrogens is 1. The van der Waals surface area contributed by atoms with Gasteiger partial charge in [0.25, 0.3) is 0 Å². The fourth-order valence-electron chi connectivity index (χ4n) is 1.44. The molecule has 2 rings (SSSR count). The van der Waals surface area contributed by atoms with Crippen molar-refractivity contribution < 1.29 is 18.3 Å². The van der Waals surface area contributed by atoms with E-state index in [4.69, 9.17) is 5.26 Å². The lowest BCUT2D eigenvalue weighted by atomic mass is 10.2. The van der Waals surface area contributed by atoms with Crippen LogP contribution in [0.4, 0.5) is 13.2 Å². The molecule has 0 aliphatic heterocycles. The highest BCUT2D eigenvalue weighted by Crippen LogP contribution is 2.40. The van der Waals surface area contributed by atoms with Crippen LogP contribution in [0.2, 0.25) is 0 Å². The predicted molar refractivity (Wildman–Crippen MR) is 61.8 cm³/mol. The smallest absolute Gasteiger partial charge is 0.425 e. The summed E-state index contributed by atoms with van der Waals surface area (Å²) in [7, 11) is 0. The second kappa shape index (κ2) is 4.44. The van der Waals surface area contributed by atoms with Gasteiger partial charge in [-0.1, -0.05) is 0 Å². The third kappa shape index (κ3) is 2.46. The number of hydrogen-bond donors (Lipinski definition) is 2. The van der Waals surface area contributed by atoms with Crippen molar-refractivity contribution in [3.05, 3.63) is 39.0 Å². The molecule has 0 fully saturated rings. The molecule has 0 amide bonds. The number of aromatic amines is 1. The molecule has 0 aliphatic rings. The molecule has 0 radical (unpaired) electrons. The second-order valence-corrected chi connectivity index (χ2v) is 4.63. The number of hydrogen-bond acceptors (Lipinski definition) is 4. The van der Waals surface area contributed by atoms with Gasteiger partial charge in [-0.15, -0.1) is 11.3 Å². The minimum atomic E-state index is -4.49. The highest BCUT2D eigenvalue weighted by Gasteiger charge is 2.32. The van der Waals surface area contributed by atoms with Crippen LogP contribution >= 0.6 is 11.3 Å². The fourth-order valence-corrected chi connectivity index (χ4v) is 2.32. The van der Waals surface area contributed by atoms with Gasteiger partial charge in [0.2, 0.25) is 5.56 Å². The van der Waals surface area contributed by atoms with Crippen LogP contribution in [-0.4, -0.2) is 10.1 Å². The molecule has 0 unspecified atom stereocenters. The van der Waals surface area contributed by atoms with E-state index in [0.29, 0.717) is 11.3 Å². The molecule has 2 aromatic heterocycles. The van der Waals surface area contributed by atoms with E-state index < -0.39 is 22.4 Å². The van der Waals surface area contributed by atoms with Crippen LogP contribution in [0.3, 0.4) is 0 Å². The van der Waals surface area contributed by atoms with E-state index >= 15 is 0 Å². The van der Waals surface area contributed by atoms with Gasteiger partial charge < -0.3 is 10.1 Å². The Balaban J connectivity index is 2.61. The minimum Gasteiger partial charge on any atom is -0.504 e. The summed E-state index contributed by atoms with van der Waals surface area (Å²) in [6.45, 7) is 0. The third-order valence-electron chi connectivity index (χ3n) is 2.27. The van der Waals surface area contributed by atoms with E-state index in [1.165, 1.54) is 0 Å². The molecular weight excluding hydrogens is 281 g/mol. The molecule has 2 heterocycles. The maximum absolute atomic E-state index is 12.5. The summed E-state index contributed by atoms with van der Waals surface area (Å²) in [5.74, 6) is -0.544. The molecule has 0 aromatic carbocycles. The van der Waals surface area contributed by atoms with Crippen LogP contribution in [0.1, 0.15) is 10.4 Å². The number of nitrogens with zero attached hydrogens (tertiary/aromatic N) is 1. The largest absolute Gasteiger partial charge is 0.504 e. The number of pyridine rings is 1. The first kappa shape index (κ1) is 13.2. The summed E-state index contributed by atoms with van der Waals surface area (Å²) in [4.78, 5) is 12.7. The molecule has 0 bridgehead atoms. The maximum Gasteiger partial charge on any atom is 0.425 e. The molecule has 0 aliphatic carbocycles. The summed E-state index contributed by atoms with van der Waals surface area (Å²) in [5, 5.41) is 18.4. The molecule has 0 atom stereocenters. The van der Waals surface area contributed by atoms with Gasteiger partial charge in [-0.2, -0.15) is 18.4 Å². The number of halogens is 3. The number of alkyl halides is 3. The van der Waals surface area contributed by atoms with Gasteiger partial charge in [-0.3, -0.25) is 4.79 Å². The van der Waals surface area contributed by atoms with Crippen molar-refractivity contribution in [3.63, 3.8) is 0 Å². The zero-order valence-electron chi connectivity index (χ0n) is 9.08. The monoisotopic (exact) mass is 286 g/mol. The summed E-state index contributed by atoms with van der Waals surface area (Å²) < 4.78 is 37.4. The van der Waals surface area contributed by atoms with E-state index in [2.05, 4.69) is 4.98 Å². The van der Waals surface area contributed by atoms with E-state index in [1.54, 1.807) is 6.07 Å². The van der Waals surface area contributed by atoms with Gasteiger partial charge in [0.1, 0.15) is 22.2 Å². The number of thiophene rings is 1. The van der Waals surface area contributed by atoms with Crippen molar-refractivity contribution in [2.75, 3.05) is 0 Å². The summed E-state index contributed by atoms with van der Waals surface area (Å²) in [6, 6.07) is 4.44. The Kier molecular flexibility index (Phi) is 3.08. The molecule has 2 aromatic rings. The van der Waals surface area contributed by atoms with Gasteiger partial charge in [-0.25, -0.2) is 0 Å². The van der Waals surface area contributed by atoms with E-state index in [0.717, 1.165) is 18.2 Å². The lowest BCUT2D eigenvalue weighted by Gasteiger charge is -2.03. The average molecular weight is 286 g/mol. The number of nitrogens with one attached hydrogen (secondary N) is 1. The van der Waals surface area contributed by atoms with Crippen LogP contribution in [-0.2, 0) is 6.18 Å².